The molecule has 0 radical (unpaired) electrons. The van der Waals surface area contributed by atoms with Gasteiger partial charge in [0.1, 0.15) is 0 Å². The summed E-state index contributed by atoms with van der Waals surface area (Å²) in [6.45, 7) is 3.23. The molecule has 1 atom stereocenters. The molecule has 6 nitrogen and oxygen atoms in total. The largest absolute Gasteiger partial charge is 0.315 e. The Hall–Kier alpha value is -1.05. The average molecular weight is 242 g/mol. The van der Waals surface area contributed by atoms with Gasteiger partial charge in [0.15, 0.2) is 0 Å². The molecule has 1 aliphatic rings. The number of rotatable bonds is 3. The van der Waals surface area contributed by atoms with Gasteiger partial charge in [-0.2, -0.15) is 0 Å². The molecule has 2 rings (SSSR count). The zero-order valence-electron chi connectivity index (χ0n) is 8.97. The molecule has 2 N–H and O–H groups in total. The van der Waals surface area contributed by atoms with Crippen molar-refractivity contribution in [1.29, 1.82) is 0 Å². The number of sulfonamides is 1. The minimum atomic E-state index is -3.58. The second kappa shape index (κ2) is 4.44. The third kappa shape index (κ3) is 2.55. The fourth-order valence-electron chi connectivity index (χ4n) is 1.58. The van der Waals surface area contributed by atoms with E-state index < -0.39 is 10.0 Å². The maximum atomic E-state index is 11.9. The highest BCUT2D eigenvalue weighted by Gasteiger charge is 2.24. The first-order chi connectivity index (χ1) is 7.58. The van der Waals surface area contributed by atoms with Crippen LogP contribution in [0, 0.1) is 6.92 Å². The van der Waals surface area contributed by atoms with Crippen LogP contribution in [-0.4, -0.2) is 37.5 Å². The highest BCUT2D eigenvalue weighted by atomic mass is 32.2. The van der Waals surface area contributed by atoms with E-state index in [2.05, 4.69) is 20.0 Å². The Balaban J connectivity index is 2.18. The van der Waals surface area contributed by atoms with Gasteiger partial charge in [0.05, 0.1) is 0 Å². The fourth-order valence-corrected chi connectivity index (χ4v) is 2.79. The first-order valence-electron chi connectivity index (χ1n) is 5.10. The SMILES string of the molecule is Cc1ccnc(S(=O)(=O)N[C@@H]2CCNC2)n1. The van der Waals surface area contributed by atoms with Crippen molar-refractivity contribution in [3.05, 3.63) is 18.0 Å². The summed E-state index contributed by atoms with van der Waals surface area (Å²) in [4.78, 5) is 7.68. The molecule has 1 aromatic rings. The Bertz CT molecular complexity index is 468. The Labute approximate surface area is 94.6 Å². The summed E-state index contributed by atoms with van der Waals surface area (Å²) < 4.78 is 26.3. The zero-order valence-corrected chi connectivity index (χ0v) is 9.79. The van der Waals surface area contributed by atoms with E-state index in [4.69, 9.17) is 0 Å². The van der Waals surface area contributed by atoms with Gasteiger partial charge in [-0.25, -0.2) is 23.1 Å². The lowest BCUT2D eigenvalue weighted by Crippen LogP contribution is -2.37. The molecule has 1 aliphatic heterocycles. The smallest absolute Gasteiger partial charge is 0.276 e. The molecule has 0 aromatic carbocycles. The Morgan fingerprint density at radius 1 is 1.56 bits per heavy atom. The number of hydrogen-bond donors (Lipinski definition) is 2. The molecule has 2 heterocycles. The van der Waals surface area contributed by atoms with Crippen LogP contribution in [0.25, 0.3) is 0 Å². The lowest BCUT2D eigenvalue weighted by atomic mass is 10.3. The normalized spacial score (nSPS) is 21.2. The molecule has 88 valence electrons. The summed E-state index contributed by atoms with van der Waals surface area (Å²) in [6, 6.07) is 1.60. The standard InChI is InChI=1S/C9H14N4O2S/c1-7-2-5-11-9(12-7)16(14,15)13-8-3-4-10-6-8/h2,5,8,10,13H,3-4,6H2,1H3/t8-/m1/s1. The summed E-state index contributed by atoms with van der Waals surface area (Å²) >= 11 is 0. The molecule has 0 aliphatic carbocycles. The predicted molar refractivity (Wildman–Crippen MR) is 58.4 cm³/mol. The first kappa shape index (κ1) is 11.4. The van der Waals surface area contributed by atoms with Gasteiger partial charge >= 0.3 is 0 Å². The van der Waals surface area contributed by atoms with Gasteiger partial charge in [-0.1, -0.05) is 0 Å². The van der Waals surface area contributed by atoms with Crippen molar-refractivity contribution in [3.63, 3.8) is 0 Å². The van der Waals surface area contributed by atoms with Crippen LogP contribution in [0.1, 0.15) is 12.1 Å². The van der Waals surface area contributed by atoms with Gasteiger partial charge < -0.3 is 5.32 Å². The third-order valence-electron chi connectivity index (χ3n) is 2.40. The molecule has 1 saturated heterocycles. The predicted octanol–water partition coefficient (Wildman–Crippen LogP) is -0.575. The Kier molecular flexibility index (Phi) is 3.17. The van der Waals surface area contributed by atoms with E-state index in [0.717, 1.165) is 13.0 Å². The van der Waals surface area contributed by atoms with E-state index in [1.807, 2.05) is 0 Å². The summed E-state index contributed by atoms with van der Waals surface area (Å²) in [6.07, 6.45) is 2.24. The molecule has 0 bridgehead atoms. The molecule has 0 amide bonds. The zero-order chi connectivity index (χ0) is 11.6. The summed E-state index contributed by atoms with van der Waals surface area (Å²) in [5, 5.41) is 2.94. The summed E-state index contributed by atoms with van der Waals surface area (Å²) in [7, 11) is -3.58. The van der Waals surface area contributed by atoms with Crippen LogP contribution in [0.15, 0.2) is 17.4 Å². The van der Waals surface area contributed by atoms with Crippen LogP contribution in [0.3, 0.4) is 0 Å². The molecule has 7 heteroatoms. The number of aryl methyl sites for hydroxylation is 1. The van der Waals surface area contributed by atoms with Gasteiger partial charge in [-0.15, -0.1) is 0 Å². The van der Waals surface area contributed by atoms with Crippen molar-refractivity contribution >= 4 is 10.0 Å². The van der Waals surface area contributed by atoms with Gasteiger partial charge in [0.2, 0.25) is 0 Å². The van der Waals surface area contributed by atoms with Crippen LogP contribution in [0.2, 0.25) is 0 Å². The van der Waals surface area contributed by atoms with Crippen LogP contribution in [0.4, 0.5) is 0 Å². The lowest BCUT2D eigenvalue weighted by Gasteiger charge is -2.10. The molecule has 1 fully saturated rings. The van der Waals surface area contributed by atoms with Crippen molar-refractivity contribution in [1.82, 2.24) is 20.0 Å². The van der Waals surface area contributed by atoms with Crippen LogP contribution in [0.5, 0.6) is 0 Å². The van der Waals surface area contributed by atoms with Crippen molar-refractivity contribution in [2.45, 2.75) is 24.5 Å². The highest BCUT2D eigenvalue weighted by Crippen LogP contribution is 2.06. The number of hydrogen-bond acceptors (Lipinski definition) is 5. The van der Waals surface area contributed by atoms with Crippen LogP contribution < -0.4 is 10.0 Å². The molecule has 0 saturated carbocycles. The molecular weight excluding hydrogens is 228 g/mol. The van der Waals surface area contributed by atoms with E-state index in [1.165, 1.54) is 6.20 Å². The maximum Gasteiger partial charge on any atom is 0.276 e. The van der Waals surface area contributed by atoms with Gasteiger partial charge in [-0.05, 0) is 26.0 Å². The van der Waals surface area contributed by atoms with E-state index >= 15 is 0 Å². The molecule has 1 aromatic heterocycles. The second-order valence-electron chi connectivity index (χ2n) is 3.79. The minimum absolute atomic E-state index is 0.0610. The van der Waals surface area contributed by atoms with E-state index in [0.29, 0.717) is 12.2 Å². The summed E-state index contributed by atoms with van der Waals surface area (Å²) in [5.41, 5.74) is 0.639. The van der Waals surface area contributed by atoms with Crippen molar-refractivity contribution in [3.8, 4) is 0 Å². The maximum absolute atomic E-state index is 11.9. The molecular formula is C9H14N4O2S. The van der Waals surface area contributed by atoms with Crippen molar-refractivity contribution in [2.24, 2.45) is 0 Å². The average Bonchev–Trinajstić information content (AvgIpc) is 2.70. The van der Waals surface area contributed by atoms with Crippen LogP contribution >= 0.6 is 0 Å². The third-order valence-corrected chi connectivity index (χ3v) is 3.72. The summed E-state index contributed by atoms with van der Waals surface area (Å²) in [5.74, 6) is 0. The lowest BCUT2D eigenvalue weighted by molar-refractivity contribution is 0.551. The quantitative estimate of drug-likeness (QED) is 0.693. The number of aromatic nitrogens is 2. The highest BCUT2D eigenvalue weighted by molar-refractivity contribution is 7.89. The van der Waals surface area contributed by atoms with Crippen molar-refractivity contribution in [2.75, 3.05) is 13.1 Å². The molecule has 0 unspecified atom stereocenters. The topological polar surface area (TPSA) is 84.0 Å². The second-order valence-corrected chi connectivity index (χ2v) is 5.40. The Morgan fingerprint density at radius 2 is 2.38 bits per heavy atom. The van der Waals surface area contributed by atoms with Crippen LogP contribution in [-0.2, 0) is 10.0 Å². The monoisotopic (exact) mass is 242 g/mol. The van der Waals surface area contributed by atoms with E-state index in [1.54, 1.807) is 13.0 Å². The number of nitrogens with one attached hydrogen (secondary N) is 2. The minimum Gasteiger partial charge on any atom is -0.315 e. The first-order valence-corrected chi connectivity index (χ1v) is 6.59. The van der Waals surface area contributed by atoms with E-state index in [9.17, 15) is 8.42 Å². The van der Waals surface area contributed by atoms with Crippen molar-refractivity contribution < 1.29 is 8.42 Å². The van der Waals surface area contributed by atoms with Gasteiger partial charge in [-0.3, -0.25) is 0 Å². The Morgan fingerprint density at radius 3 is 3.00 bits per heavy atom. The molecule has 0 spiro atoms. The van der Waals surface area contributed by atoms with Gasteiger partial charge in [0.25, 0.3) is 15.2 Å². The van der Waals surface area contributed by atoms with E-state index in [-0.39, 0.29) is 11.2 Å². The van der Waals surface area contributed by atoms with Gasteiger partial charge in [0, 0.05) is 24.5 Å². The number of nitrogens with zero attached hydrogens (tertiary/aromatic N) is 2. The fraction of sp³-hybridized carbons (Fsp3) is 0.556. The molecule has 16 heavy (non-hydrogen) atoms.